The minimum Gasteiger partial charge on any atom is -0.495 e. The number of piperidine rings is 1. The van der Waals surface area contributed by atoms with E-state index in [-0.39, 0.29) is 11.8 Å². The first kappa shape index (κ1) is 16.6. The Kier molecular flexibility index (Phi) is 5.21. The number of benzene rings is 1. The van der Waals surface area contributed by atoms with Gasteiger partial charge in [0.15, 0.2) is 0 Å². The second-order valence-electron chi connectivity index (χ2n) is 6.21. The fourth-order valence-corrected chi connectivity index (χ4v) is 3.32. The van der Waals surface area contributed by atoms with Crippen LogP contribution in [0.3, 0.4) is 0 Å². The molecular weight excluding hydrogens is 306 g/mol. The van der Waals surface area contributed by atoms with Crippen molar-refractivity contribution in [2.45, 2.75) is 12.8 Å². The van der Waals surface area contributed by atoms with Crippen molar-refractivity contribution in [3.05, 3.63) is 23.8 Å². The van der Waals surface area contributed by atoms with Gasteiger partial charge in [-0.15, -0.1) is 0 Å². The lowest BCUT2D eigenvalue weighted by atomic mass is 9.99. The summed E-state index contributed by atoms with van der Waals surface area (Å²) in [5.41, 5.74) is 1.58. The largest absolute Gasteiger partial charge is 0.495 e. The lowest BCUT2D eigenvalue weighted by Crippen LogP contribution is -2.40. The molecule has 2 fully saturated rings. The van der Waals surface area contributed by atoms with Crippen molar-refractivity contribution in [1.29, 1.82) is 5.26 Å². The molecule has 0 aliphatic carbocycles. The van der Waals surface area contributed by atoms with E-state index >= 15 is 0 Å². The van der Waals surface area contributed by atoms with Gasteiger partial charge in [0.05, 0.1) is 38.0 Å². The Morgan fingerprint density at radius 3 is 2.83 bits per heavy atom. The van der Waals surface area contributed by atoms with Crippen molar-refractivity contribution in [1.82, 2.24) is 4.90 Å². The first-order valence-corrected chi connectivity index (χ1v) is 8.42. The van der Waals surface area contributed by atoms with Crippen molar-refractivity contribution >= 4 is 11.6 Å². The Morgan fingerprint density at radius 1 is 1.33 bits per heavy atom. The molecule has 2 aliphatic heterocycles. The van der Waals surface area contributed by atoms with Gasteiger partial charge in [0.25, 0.3) is 5.91 Å². The molecule has 0 radical (unpaired) electrons. The highest BCUT2D eigenvalue weighted by atomic mass is 16.5. The van der Waals surface area contributed by atoms with E-state index in [0.29, 0.717) is 25.3 Å². The maximum atomic E-state index is 12.8. The molecule has 2 heterocycles. The third kappa shape index (κ3) is 3.46. The highest BCUT2D eigenvalue weighted by Crippen LogP contribution is 2.31. The average molecular weight is 329 g/mol. The van der Waals surface area contributed by atoms with Crippen LogP contribution in [0.1, 0.15) is 23.2 Å². The van der Waals surface area contributed by atoms with Gasteiger partial charge in [0.1, 0.15) is 5.75 Å². The van der Waals surface area contributed by atoms with Gasteiger partial charge in [0.2, 0.25) is 0 Å². The maximum absolute atomic E-state index is 12.8. The number of carbonyl (C=O) groups is 1. The molecule has 6 heteroatoms. The third-order valence-corrected chi connectivity index (χ3v) is 4.67. The van der Waals surface area contributed by atoms with Crippen molar-refractivity contribution in [2.75, 3.05) is 51.4 Å². The Morgan fingerprint density at radius 2 is 2.12 bits per heavy atom. The van der Waals surface area contributed by atoms with E-state index in [4.69, 9.17) is 14.7 Å². The zero-order valence-electron chi connectivity index (χ0n) is 14.0. The molecule has 0 bridgehead atoms. The van der Waals surface area contributed by atoms with Crippen LogP contribution in [0.4, 0.5) is 5.69 Å². The van der Waals surface area contributed by atoms with Gasteiger partial charge in [-0.05, 0) is 31.0 Å². The van der Waals surface area contributed by atoms with E-state index in [2.05, 4.69) is 11.0 Å². The number of nitriles is 1. The van der Waals surface area contributed by atoms with Crippen LogP contribution in [-0.2, 0) is 4.74 Å². The van der Waals surface area contributed by atoms with E-state index in [1.165, 1.54) is 0 Å². The quantitative estimate of drug-likeness (QED) is 0.847. The number of ether oxygens (including phenoxy) is 2. The molecule has 1 aromatic rings. The van der Waals surface area contributed by atoms with E-state index in [0.717, 1.165) is 43.9 Å². The van der Waals surface area contributed by atoms with Gasteiger partial charge in [0, 0.05) is 31.7 Å². The number of morpholine rings is 1. The lowest BCUT2D eigenvalue weighted by Gasteiger charge is -2.32. The smallest absolute Gasteiger partial charge is 0.253 e. The molecule has 128 valence electrons. The Labute approximate surface area is 142 Å². The zero-order chi connectivity index (χ0) is 16.9. The van der Waals surface area contributed by atoms with Crippen LogP contribution in [0, 0.1) is 17.2 Å². The normalized spacial score (nSPS) is 21.2. The van der Waals surface area contributed by atoms with Crippen LogP contribution < -0.4 is 9.64 Å². The number of nitrogens with zero attached hydrogens (tertiary/aromatic N) is 3. The first-order valence-electron chi connectivity index (χ1n) is 8.42. The minimum absolute atomic E-state index is 0.00730. The molecule has 0 saturated carbocycles. The van der Waals surface area contributed by atoms with Crippen LogP contribution in [-0.4, -0.2) is 57.3 Å². The Bertz CT molecular complexity index is 635. The van der Waals surface area contributed by atoms with Gasteiger partial charge >= 0.3 is 0 Å². The molecule has 3 rings (SSSR count). The molecule has 1 amide bonds. The molecule has 0 N–H and O–H groups in total. The number of carbonyl (C=O) groups excluding carboxylic acids is 1. The Hall–Kier alpha value is -2.26. The van der Waals surface area contributed by atoms with E-state index in [1.807, 2.05) is 12.1 Å². The summed E-state index contributed by atoms with van der Waals surface area (Å²) in [6.07, 6.45) is 1.76. The first-order chi connectivity index (χ1) is 11.7. The summed E-state index contributed by atoms with van der Waals surface area (Å²) in [5, 5.41) is 9.12. The minimum atomic E-state index is -0.0559. The summed E-state index contributed by atoms with van der Waals surface area (Å²) >= 11 is 0. The fourth-order valence-electron chi connectivity index (χ4n) is 3.32. The van der Waals surface area contributed by atoms with Crippen LogP contribution in [0.15, 0.2) is 18.2 Å². The lowest BCUT2D eigenvalue weighted by molar-refractivity contribution is 0.0699. The number of hydrogen-bond donors (Lipinski definition) is 0. The molecule has 6 nitrogen and oxygen atoms in total. The molecule has 2 saturated heterocycles. The van der Waals surface area contributed by atoms with Gasteiger partial charge in [-0.1, -0.05) is 0 Å². The van der Waals surface area contributed by atoms with Crippen LogP contribution >= 0.6 is 0 Å². The monoisotopic (exact) mass is 329 g/mol. The molecule has 2 aliphatic rings. The summed E-state index contributed by atoms with van der Waals surface area (Å²) in [6, 6.07) is 7.85. The predicted molar refractivity (Wildman–Crippen MR) is 90.3 cm³/mol. The summed E-state index contributed by atoms with van der Waals surface area (Å²) in [5.74, 6) is 0.703. The van der Waals surface area contributed by atoms with Gasteiger partial charge in [-0.3, -0.25) is 4.79 Å². The number of methoxy groups -OCH3 is 1. The third-order valence-electron chi connectivity index (χ3n) is 4.67. The standard InChI is InChI=1S/C18H23N3O3/c1-23-17-5-4-15(11-16(17)20-7-9-24-10-8-20)18(22)21-6-2-3-14(12-19)13-21/h4-5,11,14H,2-3,6-10,13H2,1H3. The molecule has 24 heavy (non-hydrogen) atoms. The van der Waals surface area contributed by atoms with Crippen LogP contribution in [0.2, 0.25) is 0 Å². The van der Waals surface area contributed by atoms with Gasteiger partial charge < -0.3 is 19.3 Å². The SMILES string of the molecule is COc1ccc(C(=O)N2CCCC(C#N)C2)cc1N1CCOCC1. The highest BCUT2D eigenvalue weighted by molar-refractivity contribution is 5.95. The summed E-state index contributed by atoms with van der Waals surface area (Å²) in [7, 11) is 1.64. The van der Waals surface area contributed by atoms with Gasteiger partial charge in [-0.2, -0.15) is 5.26 Å². The van der Waals surface area contributed by atoms with Crippen LogP contribution in [0.5, 0.6) is 5.75 Å². The summed E-state index contributed by atoms with van der Waals surface area (Å²) in [6.45, 7) is 4.17. The van der Waals surface area contributed by atoms with E-state index in [9.17, 15) is 4.79 Å². The molecule has 1 aromatic carbocycles. The second-order valence-corrected chi connectivity index (χ2v) is 6.21. The van der Waals surface area contributed by atoms with Crippen molar-refractivity contribution in [3.8, 4) is 11.8 Å². The van der Waals surface area contributed by atoms with E-state index < -0.39 is 0 Å². The van der Waals surface area contributed by atoms with Crippen molar-refractivity contribution in [3.63, 3.8) is 0 Å². The average Bonchev–Trinajstić information content (AvgIpc) is 2.67. The zero-order valence-corrected chi connectivity index (χ0v) is 14.0. The molecule has 1 unspecified atom stereocenters. The number of amides is 1. The topological polar surface area (TPSA) is 65.8 Å². The molecule has 0 aromatic heterocycles. The van der Waals surface area contributed by atoms with Crippen molar-refractivity contribution < 1.29 is 14.3 Å². The Balaban J connectivity index is 1.82. The van der Waals surface area contributed by atoms with Gasteiger partial charge in [-0.25, -0.2) is 0 Å². The number of rotatable bonds is 3. The van der Waals surface area contributed by atoms with Crippen LogP contribution in [0.25, 0.3) is 0 Å². The number of hydrogen-bond acceptors (Lipinski definition) is 5. The van der Waals surface area contributed by atoms with Crippen molar-refractivity contribution in [2.24, 2.45) is 5.92 Å². The maximum Gasteiger partial charge on any atom is 0.253 e. The highest BCUT2D eigenvalue weighted by Gasteiger charge is 2.25. The summed E-state index contributed by atoms with van der Waals surface area (Å²) < 4.78 is 10.9. The predicted octanol–water partition coefficient (Wildman–Crippen LogP) is 1.91. The molecular formula is C18H23N3O3. The fraction of sp³-hybridized carbons (Fsp3) is 0.556. The number of likely N-dealkylation sites (tertiary alicyclic amines) is 1. The van der Waals surface area contributed by atoms with E-state index in [1.54, 1.807) is 18.1 Å². The summed E-state index contributed by atoms with van der Waals surface area (Å²) in [4.78, 5) is 16.8. The second kappa shape index (κ2) is 7.54. The molecule has 0 spiro atoms. The number of anilines is 1. The molecule has 1 atom stereocenters.